The zero-order valence-corrected chi connectivity index (χ0v) is 13.0. The van der Waals surface area contributed by atoms with Crippen LogP contribution in [0.25, 0.3) is 5.69 Å². The summed E-state index contributed by atoms with van der Waals surface area (Å²) >= 11 is 0. The lowest BCUT2D eigenvalue weighted by Crippen LogP contribution is -2.20. The van der Waals surface area contributed by atoms with Gasteiger partial charge in [0.15, 0.2) is 0 Å². The topological polar surface area (TPSA) is 56.0 Å². The van der Waals surface area contributed by atoms with Gasteiger partial charge in [-0.25, -0.2) is 4.68 Å². The van der Waals surface area contributed by atoms with Gasteiger partial charge in [-0.1, -0.05) is 36.4 Å². The third-order valence-electron chi connectivity index (χ3n) is 3.81. The lowest BCUT2D eigenvalue weighted by molar-refractivity contribution is 0.630. The Bertz CT molecular complexity index is 956. The van der Waals surface area contributed by atoms with Crippen LogP contribution in [0.3, 0.4) is 0 Å². The first-order valence-electron chi connectivity index (χ1n) is 7.30. The molecule has 23 heavy (non-hydrogen) atoms. The summed E-state index contributed by atoms with van der Waals surface area (Å²) in [6, 6.07) is 17.7. The highest BCUT2D eigenvalue weighted by Crippen LogP contribution is 2.16. The molecule has 0 unspecified atom stereocenters. The number of rotatable bonds is 3. The minimum atomic E-state index is -0.192. The molecular formula is C18H17N3O2. The summed E-state index contributed by atoms with van der Waals surface area (Å²) in [6.45, 7) is 1.84. The van der Waals surface area contributed by atoms with Crippen LogP contribution in [0.15, 0.2) is 70.3 Å². The minimum absolute atomic E-state index is 0.163. The van der Waals surface area contributed by atoms with Gasteiger partial charge in [-0.15, -0.1) is 0 Å². The SMILES string of the molecule is Cc1c(Nc2cccccc2=O)c(=O)n(-c2ccccc2)n1C. The van der Waals surface area contributed by atoms with Crippen LogP contribution < -0.4 is 16.3 Å². The van der Waals surface area contributed by atoms with E-state index in [1.165, 1.54) is 6.07 Å². The highest BCUT2D eigenvalue weighted by Gasteiger charge is 2.16. The lowest BCUT2D eigenvalue weighted by atomic mass is 10.3. The lowest BCUT2D eigenvalue weighted by Gasteiger charge is -2.07. The smallest absolute Gasteiger partial charge is 0.295 e. The van der Waals surface area contributed by atoms with E-state index in [2.05, 4.69) is 5.32 Å². The first kappa shape index (κ1) is 14.8. The van der Waals surface area contributed by atoms with Crippen molar-refractivity contribution in [2.45, 2.75) is 6.92 Å². The Morgan fingerprint density at radius 1 is 0.870 bits per heavy atom. The quantitative estimate of drug-likeness (QED) is 0.809. The molecule has 0 bridgehead atoms. The number of hydrogen-bond acceptors (Lipinski definition) is 3. The number of benzene rings is 1. The summed E-state index contributed by atoms with van der Waals surface area (Å²) in [5, 5.41) is 2.99. The van der Waals surface area contributed by atoms with Crippen LogP contribution in [0.5, 0.6) is 0 Å². The summed E-state index contributed by atoms with van der Waals surface area (Å²) in [5.74, 6) is 0. The molecule has 3 rings (SSSR count). The molecule has 0 aliphatic carbocycles. The monoisotopic (exact) mass is 307 g/mol. The first-order valence-corrected chi connectivity index (χ1v) is 7.30. The van der Waals surface area contributed by atoms with Gasteiger partial charge in [0.1, 0.15) is 5.69 Å². The van der Waals surface area contributed by atoms with E-state index in [1.54, 1.807) is 33.6 Å². The first-order chi connectivity index (χ1) is 11.1. The number of hydrogen-bond donors (Lipinski definition) is 1. The minimum Gasteiger partial charge on any atom is -0.346 e. The summed E-state index contributed by atoms with van der Waals surface area (Å²) in [7, 11) is 1.82. The predicted molar refractivity (Wildman–Crippen MR) is 91.7 cm³/mol. The zero-order chi connectivity index (χ0) is 16.4. The largest absolute Gasteiger partial charge is 0.346 e. The Labute approximate surface area is 133 Å². The van der Waals surface area contributed by atoms with E-state index in [0.717, 1.165) is 11.4 Å². The molecule has 5 heteroatoms. The molecule has 0 spiro atoms. The third-order valence-corrected chi connectivity index (χ3v) is 3.81. The van der Waals surface area contributed by atoms with Crippen LogP contribution in [0.4, 0.5) is 11.4 Å². The molecule has 0 radical (unpaired) electrons. The van der Waals surface area contributed by atoms with Gasteiger partial charge in [0, 0.05) is 7.05 Å². The van der Waals surface area contributed by atoms with Gasteiger partial charge < -0.3 is 5.32 Å². The maximum Gasteiger partial charge on any atom is 0.295 e. The van der Waals surface area contributed by atoms with E-state index < -0.39 is 0 Å². The Kier molecular flexibility index (Phi) is 3.85. The Morgan fingerprint density at radius 3 is 2.17 bits per heavy atom. The van der Waals surface area contributed by atoms with Gasteiger partial charge in [-0.2, -0.15) is 0 Å². The number of nitrogens with zero attached hydrogens (tertiary/aromatic N) is 2. The molecule has 0 fully saturated rings. The normalized spacial score (nSPS) is 10.5. The van der Waals surface area contributed by atoms with Crippen molar-refractivity contribution in [1.29, 1.82) is 0 Å². The second-order valence-corrected chi connectivity index (χ2v) is 5.25. The van der Waals surface area contributed by atoms with Crippen molar-refractivity contribution in [2.75, 3.05) is 5.32 Å². The van der Waals surface area contributed by atoms with Crippen molar-refractivity contribution < 1.29 is 0 Å². The van der Waals surface area contributed by atoms with Crippen molar-refractivity contribution in [3.63, 3.8) is 0 Å². The zero-order valence-electron chi connectivity index (χ0n) is 13.0. The molecule has 1 aromatic heterocycles. The van der Waals surface area contributed by atoms with E-state index in [1.807, 2.05) is 44.3 Å². The third kappa shape index (κ3) is 2.68. The summed E-state index contributed by atoms with van der Waals surface area (Å²) in [5.41, 5.74) is 1.95. The molecule has 1 N–H and O–H groups in total. The Hall–Kier alpha value is -3.08. The molecule has 3 aromatic rings. The number of aromatic nitrogens is 2. The number of para-hydroxylation sites is 1. The van der Waals surface area contributed by atoms with Gasteiger partial charge in [-0.3, -0.25) is 14.3 Å². The maximum atomic E-state index is 12.8. The van der Waals surface area contributed by atoms with E-state index in [0.29, 0.717) is 11.4 Å². The Balaban J connectivity index is 2.14. The van der Waals surface area contributed by atoms with Crippen molar-refractivity contribution in [1.82, 2.24) is 9.36 Å². The summed E-state index contributed by atoms with van der Waals surface area (Å²) in [6.07, 6.45) is 0. The van der Waals surface area contributed by atoms with E-state index in [-0.39, 0.29) is 11.0 Å². The van der Waals surface area contributed by atoms with Crippen molar-refractivity contribution >= 4 is 11.4 Å². The van der Waals surface area contributed by atoms with Crippen LogP contribution in [0, 0.1) is 6.92 Å². The molecule has 0 saturated carbocycles. The maximum absolute atomic E-state index is 12.8. The van der Waals surface area contributed by atoms with E-state index >= 15 is 0 Å². The van der Waals surface area contributed by atoms with E-state index in [9.17, 15) is 9.59 Å². The van der Waals surface area contributed by atoms with Crippen LogP contribution in [-0.2, 0) is 7.05 Å². The Morgan fingerprint density at radius 2 is 1.48 bits per heavy atom. The standard InChI is InChI=1S/C18H17N3O2/c1-13-17(19-15-11-7-4-8-12-16(15)22)18(23)21(20(13)2)14-9-5-3-6-10-14/h3-12H,1-2H3,(H,19,22). The average molecular weight is 307 g/mol. The average Bonchev–Trinajstić information content (AvgIpc) is 2.71. The summed E-state index contributed by atoms with van der Waals surface area (Å²) in [4.78, 5) is 24.8. The molecular weight excluding hydrogens is 290 g/mol. The van der Waals surface area contributed by atoms with Crippen LogP contribution in [-0.4, -0.2) is 9.36 Å². The van der Waals surface area contributed by atoms with Crippen molar-refractivity contribution in [2.24, 2.45) is 7.05 Å². The highest BCUT2D eigenvalue weighted by molar-refractivity contribution is 5.61. The molecule has 1 heterocycles. The molecule has 0 aliphatic heterocycles. The molecule has 116 valence electrons. The van der Waals surface area contributed by atoms with Gasteiger partial charge >= 0.3 is 0 Å². The predicted octanol–water partition coefficient (Wildman–Crippen LogP) is 2.59. The van der Waals surface area contributed by atoms with Crippen molar-refractivity contribution in [3.8, 4) is 5.69 Å². The van der Waals surface area contributed by atoms with Crippen LogP contribution in [0.1, 0.15) is 5.69 Å². The fraction of sp³-hybridized carbons (Fsp3) is 0.111. The van der Waals surface area contributed by atoms with Crippen LogP contribution >= 0.6 is 0 Å². The summed E-state index contributed by atoms with van der Waals surface area (Å²) < 4.78 is 3.35. The molecule has 0 atom stereocenters. The number of anilines is 2. The van der Waals surface area contributed by atoms with Crippen molar-refractivity contribution in [3.05, 3.63) is 86.9 Å². The molecule has 0 saturated heterocycles. The number of nitrogens with one attached hydrogen (secondary N) is 1. The fourth-order valence-electron chi connectivity index (χ4n) is 2.48. The second kappa shape index (κ2) is 5.96. The fourth-order valence-corrected chi connectivity index (χ4v) is 2.48. The molecule has 2 aromatic carbocycles. The highest BCUT2D eigenvalue weighted by atomic mass is 16.1. The van der Waals surface area contributed by atoms with Gasteiger partial charge in [0.25, 0.3) is 5.56 Å². The molecule has 5 nitrogen and oxygen atoms in total. The molecule has 0 aliphatic rings. The van der Waals surface area contributed by atoms with Crippen LogP contribution in [0.2, 0.25) is 0 Å². The molecule has 0 amide bonds. The van der Waals surface area contributed by atoms with Gasteiger partial charge in [0.2, 0.25) is 5.43 Å². The van der Waals surface area contributed by atoms with E-state index in [4.69, 9.17) is 0 Å². The van der Waals surface area contributed by atoms with Gasteiger partial charge in [-0.05, 0) is 31.2 Å². The van der Waals surface area contributed by atoms with Gasteiger partial charge in [0.05, 0.1) is 17.1 Å². The second-order valence-electron chi connectivity index (χ2n) is 5.25.